The van der Waals surface area contributed by atoms with Crippen LogP contribution in [0.3, 0.4) is 0 Å². The molecular formula is C24H27O5P. The van der Waals surface area contributed by atoms with Crippen molar-refractivity contribution in [2.24, 2.45) is 0 Å². The van der Waals surface area contributed by atoms with Gasteiger partial charge < -0.3 is 14.5 Å². The summed E-state index contributed by atoms with van der Waals surface area (Å²) in [7, 11) is -4.49. The van der Waals surface area contributed by atoms with Gasteiger partial charge in [-0.05, 0) is 54.0 Å². The second kappa shape index (κ2) is 11.1. The molecule has 5 nitrogen and oxygen atoms in total. The Hall–Kier alpha value is -2.43. The van der Waals surface area contributed by atoms with E-state index in [1.165, 1.54) is 16.7 Å². The van der Waals surface area contributed by atoms with Crippen molar-refractivity contribution in [3.63, 3.8) is 0 Å². The first kappa shape index (κ1) is 22.3. The Kier molecular flexibility index (Phi) is 8.23. The Balaban J connectivity index is 1.73. The van der Waals surface area contributed by atoms with Crippen LogP contribution in [0.4, 0.5) is 0 Å². The molecule has 0 radical (unpaired) electrons. The quantitative estimate of drug-likeness (QED) is 0.342. The highest BCUT2D eigenvalue weighted by Crippen LogP contribution is 2.35. The average molecular weight is 426 g/mol. The van der Waals surface area contributed by atoms with Gasteiger partial charge in [-0.3, -0.25) is 4.52 Å². The minimum Gasteiger partial charge on any atom is -0.491 e. The highest BCUT2D eigenvalue weighted by Gasteiger charge is 2.14. The van der Waals surface area contributed by atoms with E-state index in [0.717, 1.165) is 37.0 Å². The van der Waals surface area contributed by atoms with Gasteiger partial charge in [-0.15, -0.1) is 0 Å². The van der Waals surface area contributed by atoms with Crippen molar-refractivity contribution in [3.8, 4) is 5.75 Å². The van der Waals surface area contributed by atoms with Crippen LogP contribution in [0.5, 0.6) is 5.75 Å². The number of ether oxygens (including phenoxy) is 1. The standard InChI is InChI=1S/C24H27O5P/c25-30(26,27)29-19-18-28-24-13-7-12-22(16-14-20-8-3-1-4-9-20)23(24)17-15-21-10-5-2-6-11-21/h1-13H,14-19H2,(H2,25,26,27). The zero-order valence-corrected chi connectivity index (χ0v) is 17.7. The molecule has 0 saturated heterocycles. The number of phosphoric ester groups is 1. The molecule has 0 heterocycles. The molecule has 2 N–H and O–H groups in total. The van der Waals surface area contributed by atoms with Gasteiger partial charge in [0.1, 0.15) is 12.4 Å². The first-order chi connectivity index (χ1) is 14.5. The second-order valence-electron chi connectivity index (χ2n) is 7.04. The van der Waals surface area contributed by atoms with E-state index in [1.807, 2.05) is 48.5 Å². The fourth-order valence-corrected chi connectivity index (χ4v) is 3.72. The maximum Gasteiger partial charge on any atom is 0.469 e. The minimum absolute atomic E-state index is 0.0750. The first-order valence-corrected chi connectivity index (χ1v) is 11.6. The molecule has 0 aliphatic rings. The molecule has 0 aromatic heterocycles. The Morgan fingerprint density at radius 2 is 1.27 bits per heavy atom. The fourth-order valence-electron chi connectivity index (χ4n) is 3.41. The van der Waals surface area contributed by atoms with E-state index < -0.39 is 7.82 Å². The lowest BCUT2D eigenvalue weighted by Gasteiger charge is -2.16. The largest absolute Gasteiger partial charge is 0.491 e. The zero-order chi connectivity index (χ0) is 21.2. The Labute approximate surface area is 177 Å². The van der Waals surface area contributed by atoms with Gasteiger partial charge in [-0.1, -0.05) is 72.8 Å². The van der Waals surface area contributed by atoms with Crippen LogP contribution in [0.2, 0.25) is 0 Å². The van der Waals surface area contributed by atoms with Crippen LogP contribution in [0.1, 0.15) is 22.3 Å². The Morgan fingerprint density at radius 1 is 0.667 bits per heavy atom. The van der Waals surface area contributed by atoms with E-state index in [9.17, 15) is 4.57 Å². The molecule has 0 saturated carbocycles. The highest BCUT2D eigenvalue weighted by molar-refractivity contribution is 7.46. The van der Waals surface area contributed by atoms with Gasteiger partial charge >= 0.3 is 7.82 Å². The maximum absolute atomic E-state index is 10.9. The summed E-state index contributed by atoms with van der Waals surface area (Å²) in [4.78, 5) is 17.7. The lowest BCUT2D eigenvalue weighted by atomic mass is 9.94. The Bertz CT molecular complexity index is 954. The summed E-state index contributed by atoms with van der Waals surface area (Å²) in [6, 6.07) is 26.7. The molecule has 0 atom stereocenters. The van der Waals surface area contributed by atoms with E-state index in [4.69, 9.17) is 14.5 Å². The van der Waals surface area contributed by atoms with Gasteiger partial charge in [-0.2, -0.15) is 0 Å². The van der Waals surface area contributed by atoms with Crippen molar-refractivity contribution in [1.29, 1.82) is 0 Å². The lowest BCUT2D eigenvalue weighted by Crippen LogP contribution is -2.09. The summed E-state index contributed by atoms with van der Waals surface area (Å²) in [6.45, 7) is -0.0950. The van der Waals surface area contributed by atoms with Gasteiger partial charge in [0.25, 0.3) is 0 Å². The highest BCUT2D eigenvalue weighted by atomic mass is 31.2. The molecule has 3 aromatic rings. The van der Waals surface area contributed by atoms with Gasteiger partial charge in [0.2, 0.25) is 0 Å². The molecule has 158 valence electrons. The van der Waals surface area contributed by atoms with Crippen LogP contribution in [-0.2, 0) is 34.8 Å². The van der Waals surface area contributed by atoms with Crippen LogP contribution in [0.25, 0.3) is 0 Å². The third-order valence-corrected chi connectivity index (χ3v) is 5.38. The number of aryl methyl sites for hydroxylation is 3. The average Bonchev–Trinajstić information content (AvgIpc) is 2.75. The van der Waals surface area contributed by atoms with E-state index in [0.29, 0.717) is 0 Å². The molecule has 0 unspecified atom stereocenters. The monoisotopic (exact) mass is 426 g/mol. The van der Waals surface area contributed by atoms with Crippen molar-refractivity contribution >= 4 is 7.82 Å². The number of hydrogen-bond acceptors (Lipinski definition) is 3. The zero-order valence-electron chi connectivity index (χ0n) is 16.8. The van der Waals surface area contributed by atoms with Crippen LogP contribution in [0.15, 0.2) is 78.9 Å². The van der Waals surface area contributed by atoms with Crippen LogP contribution in [-0.4, -0.2) is 23.0 Å². The molecule has 0 aliphatic heterocycles. The molecule has 30 heavy (non-hydrogen) atoms. The van der Waals surface area contributed by atoms with Gasteiger partial charge in [0.05, 0.1) is 6.61 Å². The molecule has 3 aromatic carbocycles. The van der Waals surface area contributed by atoms with Crippen molar-refractivity contribution in [2.75, 3.05) is 13.2 Å². The summed E-state index contributed by atoms with van der Waals surface area (Å²) in [6.07, 6.45) is 3.54. The number of rotatable bonds is 11. The van der Waals surface area contributed by atoms with E-state index >= 15 is 0 Å². The van der Waals surface area contributed by atoms with Gasteiger partial charge in [-0.25, -0.2) is 4.57 Å². The van der Waals surface area contributed by atoms with Crippen molar-refractivity contribution in [2.45, 2.75) is 25.7 Å². The summed E-state index contributed by atoms with van der Waals surface area (Å²) < 4.78 is 21.2. The predicted molar refractivity (Wildman–Crippen MR) is 118 cm³/mol. The molecule has 6 heteroatoms. The second-order valence-corrected chi connectivity index (χ2v) is 8.28. The maximum atomic E-state index is 10.9. The van der Waals surface area contributed by atoms with E-state index in [2.05, 4.69) is 34.9 Å². The first-order valence-electron chi connectivity index (χ1n) is 10.0. The van der Waals surface area contributed by atoms with Crippen LogP contribution < -0.4 is 4.74 Å². The molecule has 0 amide bonds. The number of phosphoric acid groups is 1. The van der Waals surface area contributed by atoms with E-state index in [-0.39, 0.29) is 13.2 Å². The molecule has 0 fully saturated rings. The third-order valence-electron chi connectivity index (χ3n) is 4.86. The third kappa shape index (κ3) is 7.43. The number of benzene rings is 3. The van der Waals surface area contributed by atoms with E-state index in [1.54, 1.807) is 0 Å². The van der Waals surface area contributed by atoms with Gasteiger partial charge in [0.15, 0.2) is 0 Å². The van der Waals surface area contributed by atoms with Crippen LogP contribution >= 0.6 is 7.82 Å². The molecular weight excluding hydrogens is 399 g/mol. The SMILES string of the molecule is O=P(O)(O)OCCOc1cccc(CCc2ccccc2)c1CCc1ccccc1. The lowest BCUT2D eigenvalue weighted by molar-refractivity contribution is 0.160. The summed E-state index contributed by atoms with van der Waals surface area (Å²) in [5.41, 5.74) is 4.90. The molecule has 0 spiro atoms. The Morgan fingerprint density at radius 3 is 1.87 bits per heavy atom. The molecule has 0 aliphatic carbocycles. The molecule has 3 rings (SSSR count). The smallest absolute Gasteiger partial charge is 0.469 e. The van der Waals surface area contributed by atoms with Gasteiger partial charge in [0, 0.05) is 0 Å². The normalized spacial score (nSPS) is 11.4. The predicted octanol–water partition coefficient (Wildman–Crippen LogP) is 4.75. The van der Waals surface area contributed by atoms with Crippen molar-refractivity contribution in [1.82, 2.24) is 0 Å². The molecule has 0 bridgehead atoms. The minimum atomic E-state index is -4.49. The number of hydrogen-bond donors (Lipinski definition) is 2. The summed E-state index contributed by atoms with van der Waals surface area (Å²) in [5, 5.41) is 0. The van der Waals surface area contributed by atoms with Crippen molar-refractivity contribution < 1.29 is 23.6 Å². The van der Waals surface area contributed by atoms with Crippen molar-refractivity contribution in [3.05, 3.63) is 101 Å². The van der Waals surface area contributed by atoms with Crippen LogP contribution in [0, 0.1) is 0 Å². The summed E-state index contributed by atoms with van der Waals surface area (Å²) in [5.74, 6) is 0.741. The topological polar surface area (TPSA) is 76.0 Å². The fraction of sp³-hybridized carbons (Fsp3) is 0.250. The summed E-state index contributed by atoms with van der Waals surface area (Å²) >= 11 is 0.